The highest BCUT2D eigenvalue weighted by Crippen LogP contribution is 2.27. The van der Waals surface area contributed by atoms with Crippen molar-refractivity contribution >= 4 is 46.4 Å². The number of hydrazone groups is 1. The molecule has 0 spiro atoms. The molecule has 0 fully saturated rings. The first-order valence-corrected chi connectivity index (χ1v) is 11.4. The van der Waals surface area contributed by atoms with E-state index < -0.39 is 11.9 Å². The monoisotopic (exact) mass is 499 g/mol. The van der Waals surface area contributed by atoms with Crippen molar-refractivity contribution in [2.75, 3.05) is 6.54 Å². The molecular formula is C28H22ClN3O4. The summed E-state index contributed by atoms with van der Waals surface area (Å²) in [6.45, 7) is 1.67. The third-order valence-electron chi connectivity index (χ3n) is 5.32. The molecule has 0 aliphatic heterocycles. The number of hydrogen-bond acceptors (Lipinski definition) is 5. The summed E-state index contributed by atoms with van der Waals surface area (Å²) in [7, 11) is 0. The lowest BCUT2D eigenvalue weighted by atomic mass is 10.0. The molecule has 0 aliphatic carbocycles. The molecule has 0 unspecified atom stereocenters. The molecule has 4 rings (SSSR count). The predicted octanol–water partition coefficient (Wildman–Crippen LogP) is 4.90. The van der Waals surface area contributed by atoms with Crippen molar-refractivity contribution in [2.45, 2.75) is 6.92 Å². The van der Waals surface area contributed by atoms with Crippen molar-refractivity contribution in [1.82, 2.24) is 10.7 Å². The second-order valence-corrected chi connectivity index (χ2v) is 8.37. The summed E-state index contributed by atoms with van der Waals surface area (Å²) in [6.07, 6.45) is 1.41. The highest BCUT2D eigenvalue weighted by Gasteiger charge is 2.14. The summed E-state index contributed by atoms with van der Waals surface area (Å²) < 4.78 is 5.63. The van der Waals surface area contributed by atoms with E-state index in [2.05, 4.69) is 15.8 Å². The Hall–Kier alpha value is -4.49. The zero-order valence-corrected chi connectivity index (χ0v) is 20.1. The topological polar surface area (TPSA) is 96.9 Å². The van der Waals surface area contributed by atoms with Crippen molar-refractivity contribution in [3.8, 4) is 5.75 Å². The lowest BCUT2D eigenvalue weighted by molar-refractivity contribution is -0.120. The summed E-state index contributed by atoms with van der Waals surface area (Å²) in [5.41, 5.74) is 4.74. The van der Waals surface area contributed by atoms with Crippen LogP contribution in [0.15, 0.2) is 90.0 Å². The second kappa shape index (κ2) is 11.3. The smallest absolute Gasteiger partial charge is 0.343 e. The van der Waals surface area contributed by atoms with E-state index in [0.29, 0.717) is 21.7 Å². The van der Waals surface area contributed by atoms with Crippen LogP contribution < -0.4 is 15.5 Å². The van der Waals surface area contributed by atoms with Crippen molar-refractivity contribution in [2.24, 2.45) is 5.10 Å². The van der Waals surface area contributed by atoms with Gasteiger partial charge in [0, 0.05) is 16.1 Å². The van der Waals surface area contributed by atoms with E-state index in [1.165, 1.54) is 6.21 Å². The van der Waals surface area contributed by atoms with Gasteiger partial charge in [-0.3, -0.25) is 9.59 Å². The summed E-state index contributed by atoms with van der Waals surface area (Å²) in [5, 5.41) is 8.77. The van der Waals surface area contributed by atoms with E-state index in [0.717, 1.165) is 16.3 Å². The Bertz CT molecular complexity index is 1450. The molecule has 0 bridgehead atoms. The van der Waals surface area contributed by atoms with Gasteiger partial charge < -0.3 is 10.1 Å². The number of nitrogens with one attached hydrogen (secondary N) is 2. The molecule has 4 aromatic rings. The second-order valence-electron chi connectivity index (χ2n) is 7.94. The van der Waals surface area contributed by atoms with Gasteiger partial charge in [0.1, 0.15) is 5.75 Å². The van der Waals surface area contributed by atoms with Crippen LogP contribution in [0.2, 0.25) is 5.02 Å². The largest absolute Gasteiger partial charge is 0.422 e. The molecule has 36 heavy (non-hydrogen) atoms. The average molecular weight is 500 g/mol. The molecule has 0 atom stereocenters. The number of fused-ring (bicyclic) bond motifs is 1. The van der Waals surface area contributed by atoms with Gasteiger partial charge in [-0.2, -0.15) is 5.10 Å². The number of ether oxygens (including phenoxy) is 1. The first-order valence-electron chi connectivity index (χ1n) is 11.1. The van der Waals surface area contributed by atoms with E-state index in [-0.39, 0.29) is 18.2 Å². The van der Waals surface area contributed by atoms with Crippen LogP contribution in [0.4, 0.5) is 0 Å². The zero-order chi connectivity index (χ0) is 25.5. The molecule has 180 valence electrons. The van der Waals surface area contributed by atoms with Gasteiger partial charge in [0.25, 0.3) is 11.8 Å². The molecule has 2 N–H and O–H groups in total. The highest BCUT2D eigenvalue weighted by atomic mass is 35.5. The third kappa shape index (κ3) is 6.14. The number of benzene rings is 4. The number of esters is 1. The summed E-state index contributed by atoms with van der Waals surface area (Å²) in [6, 6.07) is 24.4. The Kier molecular flexibility index (Phi) is 7.72. The van der Waals surface area contributed by atoms with Crippen LogP contribution in [-0.4, -0.2) is 30.5 Å². The highest BCUT2D eigenvalue weighted by molar-refractivity contribution is 6.30. The summed E-state index contributed by atoms with van der Waals surface area (Å²) >= 11 is 5.90. The van der Waals surface area contributed by atoms with Crippen molar-refractivity contribution < 1.29 is 19.1 Å². The number of amides is 2. The van der Waals surface area contributed by atoms with E-state index in [9.17, 15) is 14.4 Å². The molecule has 0 aromatic heterocycles. The van der Waals surface area contributed by atoms with Gasteiger partial charge in [-0.1, -0.05) is 59.6 Å². The van der Waals surface area contributed by atoms with Crippen molar-refractivity contribution in [3.63, 3.8) is 0 Å². The Morgan fingerprint density at radius 2 is 1.58 bits per heavy atom. The first-order chi connectivity index (χ1) is 17.4. The minimum atomic E-state index is -0.556. The van der Waals surface area contributed by atoms with Crippen molar-refractivity contribution in [3.05, 3.63) is 112 Å². The van der Waals surface area contributed by atoms with Crippen LogP contribution in [0.1, 0.15) is 31.8 Å². The van der Waals surface area contributed by atoms with E-state index in [1.807, 2.05) is 49.4 Å². The fraction of sp³-hybridized carbons (Fsp3) is 0.0714. The minimum absolute atomic E-state index is 0.252. The number of hydrogen-bond donors (Lipinski definition) is 2. The molecule has 4 aromatic carbocycles. The zero-order valence-electron chi connectivity index (χ0n) is 19.3. The Morgan fingerprint density at radius 3 is 2.33 bits per heavy atom. The van der Waals surface area contributed by atoms with Crippen LogP contribution in [-0.2, 0) is 4.79 Å². The minimum Gasteiger partial charge on any atom is -0.422 e. The number of rotatable bonds is 7. The van der Waals surface area contributed by atoms with Gasteiger partial charge >= 0.3 is 5.97 Å². The summed E-state index contributed by atoms with van der Waals surface area (Å²) in [4.78, 5) is 37.1. The maximum Gasteiger partial charge on any atom is 0.343 e. The lowest BCUT2D eigenvalue weighted by Crippen LogP contribution is -2.34. The molecule has 2 amide bonds. The molecule has 0 heterocycles. The van der Waals surface area contributed by atoms with Gasteiger partial charge in [-0.25, -0.2) is 10.2 Å². The quantitative estimate of drug-likeness (QED) is 0.163. The van der Waals surface area contributed by atoms with Gasteiger partial charge in [-0.05, 0) is 60.2 Å². The standard InChI is InChI=1S/C28H22ClN3O4/c1-18-6-8-20(9-7-18)27(34)30-17-26(33)32-31-16-24-23-5-3-2-4-19(23)12-15-25(24)36-28(35)21-10-13-22(29)14-11-21/h2-16H,17H2,1H3,(H,30,34)(H,32,33)/b31-16-. The molecule has 0 radical (unpaired) electrons. The maximum absolute atomic E-state index is 12.7. The predicted molar refractivity (Wildman–Crippen MR) is 140 cm³/mol. The van der Waals surface area contributed by atoms with Crippen LogP contribution in [0.3, 0.4) is 0 Å². The Morgan fingerprint density at radius 1 is 0.889 bits per heavy atom. The number of aryl methyl sites for hydroxylation is 1. The molecule has 0 aliphatic rings. The fourth-order valence-electron chi connectivity index (χ4n) is 3.42. The average Bonchev–Trinajstić information content (AvgIpc) is 2.89. The van der Waals surface area contributed by atoms with Gasteiger partial charge in [0.05, 0.1) is 18.3 Å². The number of nitrogens with zero attached hydrogens (tertiary/aromatic N) is 1. The number of carbonyl (C=O) groups excluding carboxylic acids is 3. The Balaban J connectivity index is 1.46. The van der Waals surface area contributed by atoms with E-state index >= 15 is 0 Å². The molecule has 8 heteroatoms. The summed E-state index contributed by atoms with van der Waals surface area (Å²) in [5.74, 6) is -1.15. The van der Waals surface area contributed by atoms with Gasteiger partial charge in [-0.15, -0.1) is 0 Å². The van der Waals surface area contributed by atoms with Gasteiger partial charge in [0.15, 0.2) is 0 Å². The lowest BCUT2D eigenvalue weighted by Gasteiger charge is -2.11. The van der Waals surface area contributed by atoms with Crippen LogP contribution in [0.25, 0.3) is 10.8 Å². The van der Waals surface area contributed by atoms with Crippen LogP contribution >= 0.6 is 11.6 Å². The SMILES string of the molecule is Cc1ccc(C(=O)NCC(=O)N/N=C\c2c(OC(=O)c3ccc(Cl)cc3)ccc3ccccc23)cc1. The van der Waals surface area contributed by atoms with Crippen molar-refractivity contribution in [1.29, 1.82) is 0 Å². The Labute approximate surface area is 212 Å². The normalized spacial score (nSPS) is 10.8. The van der Waals surface area contributed by atoms with Crippen LogP contribution in [0, 0.1) is 6.92 Å². The third-order valence-corrected chi connectivity index (χ3v) is 5.57. The number of carbonyl (C=O) groups is 3. The maximum atomic E-state index is 12.7. The molecule has 7 nitrogen and oxygen atoms in total. The molecular weight excluding hydrogens is 478 g/mol. The fourth-order valence-corrected chi connectivity index (χ4v) is 3.54. The first kappa shape index (κ1) is 24.6. The number of halogens is 1. The van der Waals surface area contributed by atoms with E-state index in [1.54, 1.807) is 42.5 Å². The molecule has 0 saturated heterocycles. The van der Waals surface area contributed by atoms with E-state index in [4.69, 9.17) is 16.3 Å². The molecule has 0 saturated carbocycles. The van der Waals surface area contributed by atoms with Gasteiger partial charge in [0.2, 0.25) is 0 Å². The van der Waals surface area contributed by atoms with Crippen LogP contribution in [0.5, 0.6) is 5.75 Å².